The Labute approximate surface area is 190 Å². The third-order valence-electron chi connectivity index (χ3n) is 5.21. The number of nitrogens with zero attached hydrogens (tertiary/aromatic N) is 5. The van der Waals surface area contributed by atoms with Crippen molar-refractivity contribution < 1.29 is 4.79 Å². The lowest BCUT2D eigenvalue weighted by molar-refractivity contribution is -0.113. The molecule has 2 aromatic heterocycles. The Morgan fingerprint density at radius 2 is 1.84 bits per heavy atom. The lowest BCUT2D eigenvalue weighted by Crippen LogP contribution is -2.23. The number of hydrogen-bond acceptors (Lipinski definition) is 6. The van der Waals surface area contributed by atoms with Crippen LogP contribution in [0.25, 0.3) is 16.7 Å². The minimum Gasteiger partial charge on any atom is -0.378 e. The molecule has 0 atom stereocenters. The molecule has 0 spiro atoms. The van der Waals surface area contributed by atoms with Crippen molar-refractivity contribution in [2.45, 2.75) is 31.5 Å². The third kappa shape index (κ3) is 4.34. The molecule has 0 fully saturated rings. The highest BCUT2D eigenvalue weighted by atomic mass is 32.2. The molecule has 0 radical (unpaired) electrons. The smallest absolute Gasteiger partial charge is 0.262 e. The van der Waals surface area contributed by atoms with Gasteiger partial charge in [-0.25, -0.2) is 0 Å². The standard InChI is InChI=1S/C23H26N6O2S/c1-4-5-14-28-21(31)18-8-6-7-9-19(18)29-22(28)25-26-23(29)32-15-20(30)24-16-10-12-17(13-11-16)27(2)3/h6-13H,4-5,14-15H2,1-3H3,(H,24,30). The summed E-state index contributed by atoms with van der Waals surface area (Å²) in [5, 5.41) is 12.7. The van der Waals surface area contributed by atoms with E-state index in [-0.39, 0.29) is 17.2 Å². The van der Waals surface area contributed by atoms with Crippen molar-refractivity contribution in [3.63, 3.8) is 0 Å². The number of carbonyl (C=O) groups is 1. The molecule has 0 saturated heterocycles. The zero-order valence-electron chi connectivity index (χ0n) is 18.4. The second-order valence-corrected chi connectivity index (χ2v) is 8.67. The first-order valence-electron chi connectivity index (χ1n) is 10.6. The molecule has 166 valence electrons. The molecule has 0 aliphatic rings. The van der Waals surface area contributed by atoms with Crippen LogP contribution in [0.4, 0.5) is 11.4 Å². The maximum absolute atomic E-state index is 13.0. The van der Waals surface area contributed by atoms with Crippen molar-refractivity contribution in [3.05, 3.63) is 58.9 Å². The van der Waals surface area contributed by atoms with Gasteiger partial charge in [0, 0.05) is 32.0 Å². The summed E-state index contributed by atoms with van der Waals surface area (Å²) in [6.45, 7) is 2.66. The van der Waals surface area contributed by atoms with Gasteiger partial charge in [-0.05, 0) is 42.8 Å². The predicted octanol–water partition coefficient (Wildman–Crippen LogP) is 3.64. The third-order valence-corrected chi connectivity index (χ3v) is 6.14. The van der Waals surface area contributed by atoms with Crippen LogP contribution in [0.5, 0.6) is 0 Å². The summed E-state index contributed by atoms with van der Waals surface area (Å²) in [5.74, 6) is 0.552. The molecular weight excluding hydrogens is 424 g/mol. The van der Waals surface area contributed by atoms with Gasteiger partial charge in [-0.2, -0.15) is 0 Å². The van der Waals surface area contributed by atoms with Gasteiger partial charge in [0.15, 0.2) is 5.16 Å². The number of nitrogens with one attached hydrogen (secondary N) is 1. The van der Waals surface area contributed by atoms with Gasteiger partial charge in [-0.15, -0.1) is 10.2 Å². The predicted molar refractivity (Wildman–Crippen MR) is 130 cm³/mol. The van der Waals surface area contributed by atoms with Gasteiger partial charge in [0.05, 0.1) is 16.7 Å². The van der Waals surface area contributed by atoms with Crippen molar-refractivity contribution >= 4 is 45.7 Å². The number of fused-ring (bicyclic) bond motifs is 3. The molecule has 1 N–H and O–H groups in total. The number of amides is 1. The number of anilines is 2. The Hall–Kier alpha value is -3.33. The SMILES string of the molecule is CCCCn1c(=O)c2ccccc2n2c(SCC(=O)Nc3ccc(N(C)C)cc3)nnc12. The average Bonchev–Trinajstić information content (AvgIpc) is 3.22. The van der Waals surface area contributed by atoms with Crippen LogP contribution >= 0.6 is 11.8 Å². The molecule has 0 aliphatic heterocycles. The lowest BCUT2D eigenvalue weighted by atomic mass is 10.2. The first-order chi connectivity index (χ1) is 15.5. The maximum Gasteiger partial charge on any atom is 0.262 e. The first-order valence-corrected chi connectivity index (χ1v) is 11.5. The Morgan fingerprint density at radius 1 is 1.09 bits per heavy atom. The Kier molecular flexibility index (Phi) is 6.45. The van der Waals surface area contributed by atoms with E-state index in [2.05, 4.69) is 22.4 Å². The lowest BCUT2D eigenvalue weighted by Gasteiger charge is -2.13. The highest BCUT2D eigenvalue weighted by Gasteiger charge is 2.17. The van der Waals surface area contributed by atoms with Gasteiger partial charge in [-0.1, -0.05) is 37.2 Å². The highest BCUT2D eigenvalue weighted by molar-refractivity contribution is 7.99. The van der Waals surface area contributed by atoms with Crippen LogP contribution in [0.2, 0.25) is 0 Å². The van der Waals surface area contributed by atoms with Crippen molar-refractivity contribution in [2.24, 2.45) is 0 Å². The largest absolute Gasteiger partial charge is 0.378 e. The number of thioether (sulfide) groups is 1. The van der Waals surface area contributed by atoms with Crippen LogP contribution in [0.15, 0.2) is 58.5 Å². The van der Waals surface area contributed by atoms with Crippen LogP contribution in [0.1, 0.15) is 19.8 Å². The number of benzene rings is 2. The zero-order chi connectivity index (χ0) is 22.7. The van der Waals surface area contributed by atoms with Crippen LogP contribution in [0, 0.1) is 0 Å². The van der Waals surface area contributed by atoms with Crippen LogP contribution in [-0.4, -0.2) is 44.9 Å². The molecule has 4 aromatic rings. The molecule has 0 aliphatic carbocycles. The number of para-hydroxylation sites is 1. The van der Waals surface area contributed by atoms with Crippen molar-refractivity contribution in [1.29, 1.82) is 0 Å². The number of unbranched alkanes of at least 4 members (excludes halogenated alkanes) is 1. The Morgan fingerprint density at radius 3 is 2.56 bits per heavy atom. The van der Waals surface area contributed by atoms with Gasteiger partial charge < -0.3 is 10.2 Å². The fourth-order valence-electron chi connectivity index (χ4n) is 3.51. The van der Waals surface area contributed by atoms with Gasteiger partial charge in [0.2, 0.25) is 11.7 Å². The molecule has 2 aromatic carbocycles. The fourth-order valence-corrected chi connectivity index (χ4v) is 4.25. The Balaban J connectivity index is 1.59. The van der Waals surface area contributed by atoms with E-state index in [4.69, 9.17) is 0 Å². The molecule has 4 rings (SSSR count). The van der Waals surface area contributed by atoms with E-state index in [9.17, 15) is 9.59 Å². The first kappa shape index (κ1) is 21.9. The van der Waals surface area contributed by atoms with E-state index >= 15 is 0 Å². The summed E-state index contributed by atoms with van der Waals surface area (Å²) in [5.41, 5.74) is 2.48. The summed E-state index contributed by atoms with van der Waals surface area (Å²) in [6, 6.07) is 15.1. The minimum absolute atomic E-state index is 0.0654. The topological polar surface area (TPSA) is 84.5 Å². The van der Waals surface area contributed by atoms with E-state index in [1.165, 1.54) is 11.8 Å². The van der Waals surface area contributed by atoms with Gasteiger partial charge in [-0.3, -0.25) is 18.6 Å². The molecule has 0 saturated carbocycles. The molecule has 0 unspecified atom stereocenters. The van der Waals surface area contributed by atoms with Crippen molar-refractivity contribution in [1.82, 2.24) is 19.2 Å². The van der Waals surface area contributed by atoms with E-state index in [1.807, 2.05) is 71.9 Å². The average molecular weight is 451 g/mol. The molecule has 9 heteroatoms. The van der Waals surface area contributed by atoms with E-state index in [1.54, 1.807) is 4.57 Å². The van der Waals surface area contributed by atoms with Crippen molar-refractivity contribution in [2.75, 3.05) is 30.1 Å². The minimum atomic E-state index is -0.132. The van der Waals surface area contributed by atoms with Crippen LogP contribution in [-0.2, 0) is 11.3 Å². The maximum atomic E-state index is 13.0. The molecular formula is C23H26N6O2S. The van der Waals surface area contributed by atoms with E-state index < -0.39 is 0 Å². The second-order valence-electron chi connectivity index (χ2n) is 7.72. The van der Waals surface area contributed by atoms with Crippen LogP contribution in [0.3, 0.4) is 0 Å². The second kappa shape index (κ2) is 9.44. The monoisotopic (exact) mass is 450 g/mol. The Bertz CT molecular complexity index is 1310. The quantitative estimate of drug-likeness (QED) is 0.413. The normalized spacial score (nSPS) is 11.2. The number of aromatic nitrogens is 4. The summed E-state index contributed by atoms with van der Waals surface area (Å²) in [4.78, 5) is 27.5. The van der Waals surface area contributed by atoms with E-state index in [0.29, 0.717) is 22.9 Å². The van der Waals surface area contributed by atoms with Crippen LogP contribution < -0.4 is 15.8 Å². The molecule has 2 heterocycles. The summed E-state index contributed by atoms with van der Waals surface area (Å²) < 4.78 is 3.55. The molecule has 1 amide bonds. The van der Waals surface area contributed by atoms with Gasteiger partial charge >= 0.3 is 0 Å². The van der Waals surface area contributed by atoms with Crippen molar-refractivity contribution in [3.8, 4) is 0 Å². The summed E-state index contributed by atoms with van der Waals surface area (Å²) >= 11 is 1.30. The molecule has 8 nitrogen and oxygen atoms in total. The van der Waals surface area contributed by atoms with Gasteiger partial charge in [0.1, 0.15) is 0 Å². The number of aryl methyl sites for hydroxylation is 1. The number of rotatable bonds is 8. The van der Waals surface area contributed by atoms with E-state index in [0.717, 1.165) is 29.7 Å². The fraction of sp³-hybridized carbons (Fsp3) is 0.304. The summed E-state index contributed by atoms with van der Waals surface area (Å²) in [6.07, 6.45) is 1.84. The number of hydrogen-bond donors (Lipinski definition) is 1. The zero-order valence-corrected chi connectivity index (χ0v) is 19.2. The molecule has 0 bridgehead atoms. The summed E-state index contributed by atoms with van der Waals surface area (Å²) in [7, 11) is 3.94. The molecule has 32 heavy (non-hydrogen) atoms. The highest BCUT2D eigenvalue weighted by Crippen LogP contribution is 2.22. The number of carbonyl (C=O) groups excluding carboxylic acids is 1. The van der Waals surface area contributed by atoms with Gasteiger partial charge in [0.25, 0.3) is 5.56 Å².